The number of ether oxygens (including phenoxy) is 1. The van der Waals surface area contributed by atoms with E-state index in [-0.39, 0.29) is 12.2 Å². The van der Waals surface area contributed by atoms with E-state index in [1.807, 2.05) is 24.3 Å². The van der Waals surface area contributed by atoms with Crippen LogP contribution in [0.3, 0.4) is 0 Å². The fourth-order valence-electron chi connectivity index (χ4n) is 2.57. The molecule has 22 heavy (non-hydrogen) atoms. The molecule has 0 unspecified atom stereocenters. The maximum absolute atomic E-state index is 12.4. The van der Waals surface area contributed by atoms with Crippen molar-refractivity contribution in [2.45, 2.75) is 6.42 Å². The number of esters is 1. The van der Waals surface area contributed by atoms with Crippen LogP contribution in [0.4, 0.5) is 0 Å². The summed E-state index contributed by atoms with van der Waals surface area (Å²) in [6.07, 6.45) is 2.01. The molecule has 1 N–H and O–H groups in total. The molecule has 0 aliphatic heterocycles. The van der Waals surface area contributed by atoms with Crippen LogP contribution in [0.2, 0.25) is 0 Å². The molecule has 1 heterocycles. The molecule has 110 valence electrons. The van der Waals surface area contributed by atoms with Crippen LogP contribution in [0, 0.1) is 0 Å². The standard InChI is InChI=1S/C18H15NO3/c1-22-18(21)14-8-5-9-15-17(14)13(11-19-15)10-16(20)12-6-3-2-4-7-12/h2-9,11,19H,10H2,1H3. The van der Waals surface area contributed by atoms with Crippen molar-refractivity contribution in [2.75, 3.05) is 7.11 Å². The van der Waals surface area contributed by atoms with Gasteiger partial charge in [0.15, 0.2) is 5.78 Å². The second-order valence-electron chi connectivity index (χ2n) is 5.00. The predicted molar refractivity (Wildman–Crippen MR) is 84.1 cm³/mol. The number of Topliss-reactive ketones (excluding diaryl/α,β-unsaturated/α-hetero) is 1. The zero-order chi connectivity index (χ0) is 15.5. The minimum Gasteiger partial charge on any atom is -0.465 e. The summed E-state index contributed by atoms with van der Waals surface area (Å²) in [7, 11) is 1.35. The van der Waals surface area contributed by atoms with Crippen molar-refractivity contribution in [3.8, 4) is 0 Å². The Bertz CT molecular complexity index is 834. The first-order valence-corrected chi connectivity index (χ1v) is 6.96. The third-order valence-electron chi connectivity index (χ3n) is 3.64. The van der Waals surface area contributed by atoms with Crippen LogP contribution in [0.5, 0.6) is 0 Å². The number of fused-ring (bicyclic) bond motifs is 1. The van der Waals surface area contributed by atoms with E-state index in [2.05, 4.69) is 4.98 Å². The summed E-state index contributed by atoms with van der Waals surface area (Å²) in [6.45, 7) is 0. The van der Waals surface area contributed by atoms with Crippen molar-refractivity contribution in [1.29, 1.82) is 0 Å². The molecule has 4 nitrogen and oxygen atoms in total. The lowest BCUT2D eigenvalue weighted by Gasteiger charge is -2.04. The molecule has 0 spiro atoms. The maximum Gasteiger partial charge on any atom is 0.338 e. The van der Waals surface area contributed by atoms with Crippen molar-refractivity contribution < 1.29 is 14.3 Å². The number of carbonyl (C=O) groups excluding carboxylic acids is 2. The van der Waals surface area contributed by atoms with Gasteiger partial charge in [0, 0.05) is 29.1 Å². The summed E-state index contributed by atoms with van der Waals surface area (Å²) < 4.78 is 4.82. The minimum absolute atomic E-state index is 0.0150. The lowest BCUT2D eigenvalue weighted by atomic mass is 10.00. The van der Waals surface area contributed by atoms with Crippen molar-refractivity contribution in [1.82, 2.24) is 4.98 Å². The minimum atomic E-state index is -0.404. The molecule has 4 heteroatoms. The molecule has 0 saturated heterocycles. The topological polar surface area (TPSA) is 59.2 Å². The van der Waals surface area contributed by atoms with Gasteiger partial charge in [-0.05, 0) is 17.7 Å². The SMILES string of the molecule is COC(=O)c1cccc2[nH]cc(CC(=O)c3ccccc3)c12. The van der Waals surface area contributed by atoms with E-state index >= 15 is 0 Å². The second kappa shape index (κ2) is 5.85. The van der Waals surface area contributed by atoms with Crippen LogP contribution in [0.15, 0.2) is 54.7 Å². The Kier molecular flexibility index (Phi) is 3.74. The van der Waals surface area contributed by atoms with E-state index in [4.69, 9.17) is 4.74 Å². The Morgan fingerprint density at radius 1 is 1.05 bits per heavy atom. The Hall–Kier alpha value is -2.88. The molecule has 0 amide bonds. The van der Waals surface area contributed by atoms with Crippen LogP contribution >= 0.6 is 0 Å². The lowest BCUT2D eigenvalue weighted by Crippen LogP contribution is -2.05. The van der Waals surface area contributed by atoms with Gasteiger partial charge in [-0.1, -0.05) is 36.4 Å². The van der Waals surface area contributed by atoms with Crippen LogP contribution in [-0.4, -0.2) is 23.8 Å². The molecule has 0 fully saturated rings. The Morgan fingerprint density at radius 2 is 1.82 bits per heavy atom. The first-order chi connectivity index (χ1) is 10.7. The number of carbonyl (C=O) groups is 2. The van der Waals surface area contributed by atoms with E-state index in [1.54, 1.807) is 30.5 Å². The van der Waals surface area contributed by atoms with E-state index in [0.717, 1.165) is 16.5 Å². The van der Waals surface area contributed by atoms with Gasteiger partial charge >= 0.3 is 5.97 Å². The summed E-state index contributed by atoms with van der Waals surface area (Å²) in [5.41, 5.74) is 2.74. The molecule has 1 aromatic heterocycles. The summed E-state index contributed by atoms with van der Waals surface area (Å²) in [5, 5.41) is 0.749. The van der Waals surface area contributed by atoms with E-state index in [1.165, 1.54) is 7.11 Å². The number of H-pyrrole nitrogens is 1. The van der Waals surface area contributed by atoms with Crippen molar-refractivity contribution in [3.63, 3.8) is 0 Å². The number of ketones is 1. The normalized spacial score (nSPS) is 10.6. The number of aromatic nitrogens is 1. The van der Waals surface area contributed by atoms with Gasteiger partial charge in [-0.3, -0.25) is 4.79 Å². The lowest BCUT2D eigenvalue weighted by molar-refractivity contribution is 0.0602. The highest BCUT2D eigenvalue weighted by Crippen LogP contribution is 2.24. The van der Waals surface area contributed by atoms with Crippen LogP contribution < -0.4 is 0 Å². The monoisotopic (exact) mass is 293 g/mol. The zero-order valence-corrected chi connectivity index (χ0v) is 12.1. The Labute approximate surface area is 127 Å². The zero-order valence-electron chi connectivity index (χ0n) is 12.1. The first kappa shape index (κ1) is 14.1. The molecule has 0 saturated carbocycles. The van der Waals surface area contributed by atoms with Gasteiger partial charge in [-0.25, -0.2) is 4.79 Å². The van der Waals surface area contributed by atoms with Gasteiger partial charge in [0.05, 0.1) is 12.7 Å². The highest BCUT2D eigenvalue weighted by Gasteiger charge is 2.17. The van der Waals surface area contributed by atoms with Crippen molar-refractivity contribution >= 4 is 22.7 Å². The van der Waals surface area contributed by atoms with Crippen molar-refractivity contribution in [3.05, 3.63) is 71.4 Å². The summed E-state index contributed by atoms with van der Waals surface area (Å²) in [6, 6.07) is 14.5. The number of hydrogen-bond acceptors (Lipinski definition) is 3. The van der Waals surface area contributed by atoms with Crippen LogP contribution in [0.1, 0.15) is 26.3 Å². The highest BCUT2D eigenvalue weighted by molar-refractivity contribution is 6.07. The van der Waals surface area contributed by atoms with E-state index in [0.29, 0.717) is 11.1 Å². The number of methoxy groups -OCH3 is 1. The molecule has 0 aliphatic carbocycles. The quantitative estimate of drug-likeness (QED) is 0.592. The number of rotatable bonds is 4. The number of nitrogens with one attached hydrogen (secondary N) is 1. The molecular weight excluding hydrogens is 278 g/mol. The fraction of sp³-hybridized carbons (Fsp3) is 0.111. The predicted octanol–water partition coefficient (Wildman–Crippen LogP) is 3.38. The third-order valence-corrected chi connectivity index (χ3v) is 3.64. The summed E-state index contributed by atoms with van der Waals surface area (Å²) in [4.78, 5) is 27.4. The average Bonchev–Trinajstić information content (AvgIpc) is 2.98. The van der Waals surface area contributed by atoms with E-state index < -0.39 is 5.97 Å². The average molecular weight is 293 g/mol. The molecule has 0 aliphatic rings. The van der Waals surface area contributed by atoms with Gasteiger partial charge in [-0.2, -0.15) is 0 Å². The molecule has 0 bridgehead atoms. The molecular formula is C18H15NO3. The van der Waals surface area contributed by atoms with Gasteiger partial charge < -0.3 is 9.72 Å². The molecule has 0 atom stereocenters. The largest absolute Gasteiger partial charge is 0.465 e. The molecule has 3 aromatic rings. The van der Waals surface area contributed by atoms with E-state index in [9.17, 15) is 9.59 Å². The number of benzene rings is 2. The summed E-state index contributed by atoms with van der Waals surface area (Å²) >= 11 is 0. The third kappa shape index (κ3) is 2.51. The van der Waals surface area contributed by atoms with Gasteiger partial charge in [-0.15, -0.1) is 0 Å². The highest BCUT2D eigenvalue weighted by atomic mass is 16.5. The summed E-state index contributed by atoms with van der Waals surface area (Å²) in [5.74, 6) is -0.389. The Balaban J connectivity index is 2.01. The van der Waals surface area contributed by atoms with Gasteiger partial charge in [0.25, 0.3) is 0 Å². The molecule has 2 aromatic carbocycles. The smallest absolute Gasteiger partial charge is 0.338 e. The van der Waals surface area contributed by atoms with Gasteiger partial charge in [0.1, 0.15) is 0 Å². The molecule has 0 radical (unpaired) electrons. The van der Waals surface area contributed by atoms with Gasteiger partial charge in [0.2, 0.25) is 0 Å². The Morgan fingerprint density at radius 3 is 2.55 bits per heavy atom. The number of hydrogen-bond donors (Lipinski definition) is 1. The van der Waals surface area contributed by atoms with Crippen LogP contribution in [-0.2, 0) is 11.2 Å². The first-order valence-electron chi connectivity index (χ1n) is 6.96. The second-order valence-corrected chi connectivity index (χ2v) is 5.00. The number of aromatic amines is 1. The van der Waals surface area contributed by atoms with Crippen molar-refractivity contribution in [2.24, 2.45) is 0 Å². The fourth-order valence-corrected chi connectivity index (χ4v) is 2.57. The molecule has 3 rings (SSSR count). The van der Waals surface area contributed by atoms with Crippen LogP contribution in [0.25, 0.3) is 10.9 Å². The maximum atomic E-state index is 12.4.